The molecule has 104 valence electrons. The minimum atomic E-state index is -0.988. The molecule has 0 radical (unpaired) electrons. The van der Waals surface area contributed by atoms with Gasteiger partial charge in [-0.05, 0) is 24.1 Å². The Balaban J connectivity index is 2.68. The summed E-state index contributed by atoms with van der Waals surface area (Å²) >= 11 is 0. The van der Waals surface area contributed by atoms with Gasteiger partial charge in [-0.15, -0.1) is 0 Å². The van der Waals surface area contributed by atoms with E-state index in [2.05, 4.69) is 5.32 Å². The molecule has 0 fully saturated rings. The number of aromatic carboxylic acids is 1. The van der Waals surface area contributed by atoms with Crippen LogP contribution < -0.4 is 10.1 Å². The van der Waals surface area contributed by atoms with Gasteiger partial charge in [-0.1, -0.05) is 19.9 Å². The molecule has 0 aliphatic carbocycles. The molecule has 0 aliphatic rings. The van der Waals surface area contributed by atoms with Gasteiger partial charge in [-0.3, -0.25) is 4.79 Å². The third-order valence-corrected chi connectivity index (χ3v) is 2.75. The van der Waals surface area contributed by atoms with E-state index < -0.39 is 5.97 Å². The second kappa shape index (κ2) is 6.78. The molecule has 0 bridgehead atoms. The number of hydrogen-bond donors (Lipinski definition) is 2. The van der Waals surface area contributed by atoms with Crippen molar-refractivity contribution in [2.24, 2.45) is 5.92 Å². The number of carboxylic acids is 1. The van der Waals surface area contributed by atoms with E-state index in [9.17, 15) is 9.59 Å². The van der Waals surface area contributed by atoms with Crippen molar-refractivity contribution in [2.45, 2.75) is 20.3 Å². The van der Waals surface area contributed by atoms with Crippen LogP contribution >= 0.6 is 0 Å². The van der Waals surface area contributed by atoms with Crippen molar-refractivity contribution < 1.29 is 19.4 Å². The van der Waals surface area contributed by atoms with Crippen molar-refractivity contribution in [3.05, 3.63) is 29.3 Å². The molecule has 0 spiro atoms. The number of carbonyl (C=O) groups excluding carboxylic acids is 1. The number of carboxylic acid groups (broad SMARTS) is 1. The summed E-state index contributed by atoms with van der Waals surface area (Å²) in [6, 6.07) is 4.73. The van der Waals surface area contributed by atoms with Crippen molar-refractivity contribution in [3.63, 3.8) is 0 Å². The lowest BCUT2D eigenvalue weighted by Gasteiger charge is -2.11. The van der Waals surface area contributed by atoms with Gasteiger partial charge in [0, 0.05) is 12.5 Å². The quantitative estimate of drug-likeness (QED) is 0.821. The molecule has 1 amide bonds. The SMILES string of the molecule is COc1cc(C(=O)O)ccc1CCNC(=O)C(C)C. The van der Waals surface area contributed by atoms with Crippen molar-refractivity contribution in [3.8, 4) is 5.75 Å². The smallest absolute Gasteiger partial charge is 0.335 e. The highest BCUT2D eigenvalue weighted by Crippen LogP contribution is 2.20. The fourth-order valence-corrected chi connectivity index (χ4v) is 1.61. The summed E-state index contributed by atoms with van der Waals surface area (Å²) in [7, 11) is 1.50. The molecule has 0 heterocycles. The van der Waals surface area contributed by atoms with Crippen LogP contribution in [0.3, 0.4) is 0 Å². The topological polar surface area (TPSA) is 75.6 Å². The summed E-state index contributed by atoms with van der Waals surface area (Å²) in [5.41, 5.74) is 1.06. The second-order valence-electron chi connectivity index (χ2n) is 4.53. The summed E-state index contributed by atoms with van der Waals surface area (Å²) in [5.74, 6) is -0.505. The molecule has 1 aromatic rings. The maximum absolute atomic E-state index is 11.4. The molecular weight excluding hydrogens is 246 g/mol. The lowest BCUT2D eigenvalue weighted by molar-refractivity contribution is -0.123. The average molecular weight is 265 g/mol. The number of amides is 1. The zero-order valence-electron chi connectivity index (χ0n) is 11.4. The Morgan fingerprint density at radius 3 is 2.58 bits per heavy atom. The molecule has 0 unspecified atom stereocenters. The van der Waals surface area contributed by atoms with Crippen LogP contribution in [0.15, 0.2) is 18.2 Å². The van der Waals surface area contributed by atoms with E-state index >= 15 is 0 Å². The highest BCUT2D eigenvalue weighted by Gasteiger charge is 2.10. The van der Waals surface area contributed by atoms with Crippen molar-refractivity contribution in [1.29, 1.82) is 0 Å². The van der Waals surface area contributed by atoms with Crippen LogP contribution in [-0.4, -0.2) is 30.6 Å². The third-order valence-electron chi connectivity index (χ3n) is 2.75. The van der Waals surface area contributed by atoms with Gasteiger partial charge in [0.1, 0.15) is 5.75 Å². The maximum Gasteiger partial charge on any atom is 0.335 e. The summed E-state index contributed by atoms with van der Waals surface area (Å²) < 4.78 is 5.17. The Hall–Kier alpha value is -2.04. The number of hydrogen-bond acceptors (Lipinski definition) is 3. The largest absolute Gasteiger partial charge is 0.496 e. The van der Waals surface area contributed by atoms with Crippen molar-refractivity contribution in [2.75, 3.05) is 13.7 Å². The van der Waals surface area contributed by atoms with Crippen LogP contribution in [0.1, 0.15) is 29.8 Å². The van der Waals surface area contributed by atoms with Crippen LogP contribution in [0.25, 0.3) is 0 Å². The lowest BCUT2D eigenvalue weighted by Crippen LogP contribution is -2.29. The van der Waals surface area contributed by atoms with Gasteiger partial charge in [0.25, 0.3) is 0 Å². The highest BCUT2D eigenvalue weighted by atomic mass is 16.5. The minimum absolute atomic E-state index is 0.00104. The van der Waals surface area contributed by atoms with Gasteiger partial charge in [0.05, 0.1) is 12.7 Å². The predicted octanol–water partition coefficient (Wildman–Crippen LogP) is 1.71. The van der Waals surface area contributed by atoms with Gasteiger partial charge in [-0.25, -0.2) is 4.79 Å². The molecule has 5 heteroatoms. The van der Waals surface area contributed by atoms with Crippen molar-refractivity contribution >= 4 is 11.9 Å². The number of benzene rings is 1. The standard InChI is InChI=1S/C14H19NO4/c1-9(2)13(16)15-7-6-10-4-5-11(14(17)18)8-12(10)19-3/h4-5,8-9H,6-7H2,1-3H3,(H,15,16)(H,17,18). The number of nitrogens with one attached hydrogen (secondary N) is 1. The van der Waals surface area contributed by atoms with E-state index in [4.69, 9.17) is 9.84 Å². The summed E-state index contributed by atoms with van der Waals surface area (Å²) in [4.78, 5) is 22.3. The van der Waals surface area contributed by atoms with E-state index in [1.807, 2.05) is 13.8 Å². The van der Waals surface area contributed by atoms with E-state index in [1.165, 1.54) is 19.2 Å². The van der Waals surface area contributed by atoms with Gasteiger partial charge >= 0.3 is 5.97 Å². The molecule has 0 saturated heterocycles. The van der Waals surface area contributed by atoms with Crippen LogP contribution in [0.5, 0.6) is 5.75 Å². The lowest BCUT2D eigenvalue weighted by atomic mass is 10.1. The van der Waals surface area contributed by atoms with E-state index in [0.29, 0.717) is 18.7 Å². The van der Waals surface area contributed by atoms with Gasteiger partial charge in [0.2, 0.25) is 5.91 Å². The van der Waals surface area contributed by atoms with Crippen LogP contribution in [-0.2, 0) is 11.2 Å². The summed E-state index contributed by atoms with van der Waals surface area (Å²) in [5, 5.41) is 11.7. The van der Waals surface area contributed by atoms with Crippen LogP contribution in [0.2, 0.25) is 0 Å². The van der Waals surface area contributed by atoms with E-state index in [1.54, 1.807) is 6.07 Å². The molecule has 19 heavy (non-hydrogen) atoms. The summed E-state index contributed by atoms with van der Waals surface area (Å²) in [6.45, 7) is 4.16. The van der Waals surface area contributed by atoms with Gasteiger partial charge in [0.15, 0.2) is 0 Å². The minimum Gasteiger partial charge on any atom is -0.496 e. The number of methoxy groups -OCH3 is 1. The van der Waals surface area contributed by atoms with Gasteiger partial charge in [-0.2, -0.15) is 0 Å². The molecule has 5 nitrogen and oxygen atoms in total. The molecular formula is C14H19NO4. The first-order valence-electron chi connectivity index (χ1n) is 6.13. The van der Waals surface area contributed by atoms with Crippen LogP contribution in [0, 0.1) is 5.92 Å². The Morgan fingerprint density at radius 1 is 1.37 bits per heavy atom. The fourth-order valence-electron chi connectivity index (χ4n) is 1.61. The van der Waals surface area contributed by atoms with Gasteiger partial charge < -0.3 is 15.2 Å². The maximum atomic E-state index is 11.4. The molecule has 2 N–H and O–H groups in total. The zero-order valence-corrected chi connectivity index (χ0v) is 11.4. The predicted molar refractivity (Wildman–Crippen MR) is 71.5 cm³/mol. The molecule has 0 atom stereocenters. The number of ether oxygens (including phenoxy) is 1. The molecule has 0 aromatic heterocycles. The monoisotopic (exact) mass is 265 g/mol. The Kier molecular flexibility index (Phi) is 5.36. The first-order chi connectivity index (χ1) is 8.95. The van der Waals surface area contributed by atoms with E-state index in [0.717, 1.165) is 5.56 Å². The van der Waals surface area contributed by atoms with E-state index in [-0.39, 0.29) is 17.4 Å². The second-order valence-corrected chi connectivity index (χ2v) is 4.53. The molecule has 0 saturated carbocycles. The Morgan fingerprint density at radius 2 is 2.05 bits per heavy atom. The zero-order chi connectivity index (χ0) is 14.4. The van der Waals surface area contributed by atoms with Crippen molar-refractivity contribution in [1.82, 2.24) is 5.32 Å². The first-order valence-corrected chi connectivity index (χ1v) is 6.13. The fraction of sp³-hybridized carbons (Fsp3) is 0.429. The number of carbonyl (C=O) groups is 2. The Bertz CT molecular complexity index is 469. The molecule has 1 aromatic carbocycles. The normalized spacial score (nSPS) is 10.3. The third kappa shape index (κ3) is 4.28. The first kappa shape index (κ1) is 15.0. The van der Waals surface area contributed by atoms with Crippen LogP contribution in [0.4, 0.5) is 0 Å². The number of rotatable bonds is 6. The Labute approximate surface area is 112 Å². The summed E-state index contributed by atoms with van der Waals surface area (Å²) in [6.07, 6.45) is 0.599. The average Bonchev–Trinajstić information content (AvgIpc) is 2.38. The molecule has 1 rings (SSSR count). The molecule has 0 aliphatic heterocycles. The highest BCUT2D eigenvalue weighted by molar-refractivity contribution is 5.88.